The fourth-order valence-corrected chi connectivity index (χ4v) is 1.76. The van der Waals surface area contributed by atoms with Crippen LogP contribution < -0.4 is 4.74 Å². The van der Waals surface area contributed by atoms with Crippen molar-refractivity contribution in [2.75, 3.05) is 0 Å². The van der Waals surface area contributed by atoms with E-state index in [-0.39, 0.29) is 5.82 Å². The summed E-state index contributed by atoms with van der Waals surface area (Å²) in [5, 5.41) is 9.45. The van der Waals surface area contributed by atoms with Crippen molar-refractivity contribution < 1.29 is 14.2 Å². The molecule has 0 aliphatic carbocycles. The number of hydrogen-bond acceptors (Lipinski definition) is 3. The lowest BCUT2D eigenvalue weighted by atomic mass is 10.2. The van der Waals surface area contributed by atoms with Gasteiger partial charge in [0, 0.05) is 12.3 Å². The third-order valence-corrected chi connectivity index (χ3v) is 2.96. The minimum atomic E-state index is -0.588. The summed E-state index contributed by atoms with van der Waals surface area (Å²) in [5.41, 5.74) is 0.709. The van der Waals surface area contributed by atoms with E-state index in [4.69, 9.17) is 4.74 Å². The number of aliphatic hydroxyl groups excluding tert-OH is 1. The van der Waals surface area contributed by atoms with Crippen LogP contribution in [-0.4, -0.2) is 10.1 Å². The Balaban J connectivity index is 2.23. The maximum atomic E-state index is 13.1. The maximum absolute atomic E-state index is 13.1. The number of ether oxygens (including phenoxy) is 1. The quantitative estimate of drug-likeness (QED) is 0.936. The molecule has 3 nitrogen and oxygen atoms in total. The Morgan fingerprint density at radius 1 is 1.33 bits per heavy atom. The molecule has 0 aliphatic rings. The summed E-state index contributed by atoms with van der Waals surface area (Å²) in [7, 11) is 0. The SMILES string of the molecule is CC(O)c1ccnc(Oc2ccc(F)c(Br)c2)c1. The molecule has 1 aromatic carbocycles. The predicted octanol–water partition coefficient (Wildman–Crippen LogP) is 3.83. The molecule has 94 valence electrons. The van der Waals surface area contributed by atoms with Gasteiger partial charge in [-0.3, -0.25) is 0 Å². The zero-order chi connectivity index (χ0) is 13.1. The van der Waals surface area contributed by atoms with Crippen molar-refractivity contribution in [2.45, 2.75) is 13.0 Å². The lowest BCUT2D eigenvalue weighted by Gasteiger charge is -2.08. The number of aliphatic hydroxyl groups is 1. The van der Waals surface area contributed by atoms with Crippen molar-refractivity contribution in [3.05, 3.63) is 52.4 Å². The first kappa shape index (κ1) is 13.0. The van der Waals surface area contributed by atoms with Gasteiger partial charge >= 0.3 is 0 Å². The van der Waals surface area contributed by atoms with Gasteiger partial charge in [-0.25, -0.2) is 9.37 Å². The Morgan fingerprint density at radius 3 is 2.78 bits per heavy atom. The first-order valence-corrected chi connectivity index (χ1v) is 6.12. The molecule has 5 heteroatoms. The molecule has 1 N–H and O–H groups in total. The summed E-state index contributed by atoms with van der Waals surface area (Å²) in [6.45, 7) is 1.66. The summed E-state index contributed by atoms with van der Waals surface area (Å²) in [6, 6.07) is 7.68. The van der Waals surface area contributed by atoms with E-state index in [9.17, 15) is 9.50 Å². The summed E-state index contributed by atoms with van der Waals surface area (Å²) in [5.74, 6) is 0.471. The van der Waals surface area contributed by atoms with Gasteiger partial charge in [-0.2, -0.15) is 0 Å². The second kappa shape index (κ2) is 5.46. The average Bonchev–Trinajstić information content (AvgIpc) is 2.34. The van der Waals surface area contributed by atoms with Gasteiger partial charge in [0.05, 0.1) is 10.6 Å². The molecule has 0 radical (unpaired) electrons. The van der Waals surface area contributed by atoms with E-state index >= 15 is 0 Å². The largest absolute Gasteiger partial charge is 0.439 e. The van der Waals surface area contributed by atoms with Crippen LogP contribution in [-0.2, 0) is 0 Å². The second-order valence-electron chi connectivity index (χ2n) is 3.78. The van der Waals surface area contributed by atoms with E-state index in [1.165, 1.54) is 18.2 Å². The molecule has 0 fully saturated rings. The maximum Gasteiger partial charge on any atom is 0.219 e. The minimum absolute atomic E-state index is 0.326. The molecule has 2 aromatic rings. The van der Waals surface area contributed by atoms with Crippen LogP contribution in [0.3, 0.4) is 0 Å². The van der Waals surface area contributed by atoms with Gasteiger partial charge in [-0.1, -0.05) is 0 Å². The number of benzene rings is 1. The number of hydrogen-bond donors (Lipinski definition) is 1. The van der Waals surface area contributed by atoms with E-state index in [1.54, 1.807) is 25.3 Å². The Bertz CT molecular complexity index is 560. The highest BCUT2D eigenvalue weighted by atomic mass is 79.9. The van der Waals surface area contributed by atoms with Crippen molar-refractivity contribution in [3.63, 3.8) is 0 Å². The molecule has 0 saturated heterocycles. The summed E-state index contributed by atoms with van der Waals surface area (Å²) in [6.07, 6.45) is 0.964. The topological polar surface area (TPSA) is 42.4 Å². The van der Waals surface area contributed by atoms with E-state index in [2.05, 4.69) is 20.9 Å². The normalized spacial score (nSPS) is 12.2. The molecule has 0 bridgehead atoms. The van der Waals surface area contributed by atoms with Gasteiger partial charge < -0.3 is 9.84 Å². The van der Waals surface area contributed by atoms with E-state index in [0.29, 0.717) is 21.7 Å². The van der Waals surface area contributed by atoms with Crippen molar-refractivity contribution in [2.24, 2.45) is 0 Å². The van der Waals surface area contributed by atoms with E-state index < -0.39 is 6.10 Å². The zero-order valence-corrected chi connectivity index (χ0v) is 11.2. The lowest BCUT2D eigenvalue weighted by Crippen LogP contribution is -1.94. The van der Waals surface area contributed by atoms with Gasteiger partial charge in [0.25, 0.3) is 0 Å². The first-order valence-electron chi connectivity index (χ1n) is 5.33. The standard InChI is InChI=1S/C13H11BrFNO2/c1-8(17)9-4-5-16-13(6-9)18-10-2-3-12(15)11(14)7-10/h2-8,17H,1H3. The van der Waals surface area contributed by atoms with Gasteiger partial charge in [0.2, 0.25) is 5.88 Å². The molecule has 0 aliphatic heterocycles. The molecule has 2 rings (SSSR count). The van der Waals surface area contributed by atoms with Crippen molar-refractivity contribution in [3.8, 4) is 11.6 Å². The number of nitrogens with zero attached hydrogens (tertiary/aromatic N) is 1. The molecule has 18 heavy (non-hydrogen) atoms. The van der Waals surface area contributed by atoms with Crippen LogP contribution in [0.25, 0.3) is 0 Å². The molecule has 1 aromatic heterocycles. The van der Waals surface area contributed by atoms with E-state index in [1.807, 2.05) is 0 Å². The van der Waals surface area contributed by atoms with Gasteiger partial charge in [-0.05, 0) is 52.7 Å². The van der Waals surface area contributed by atoms with E-state index in [0.717, 1.165) is 0 Å². The summed E-state index contributed by atoms with van der Waals surface area (Å²) < 4.78 is 18.9. The van der Waals surface area contributed by atoms with Crippen molar-refractivity contribution in [1.29, 1.82) is 0 Å². The fourth-order valence-electron chi connectivity index (χ4n) is 1.40. The molecule has 1 unspecified atom stereocenters. The summed E-state index contributed by atoms with van der Waals surface area (Å²) >= 11 is 3.08. The number of halogens is 2. The third kappa shape index (κ3) is 3.05. The highest BCUT2D eigenvalue weighted by Gasteiger charge is 2.06. The number of rotatable bonds is 3. The Hall–Kier alpha value is -1.46. The van der Waals surface area contributed by atoms with Gasteiger partial charge in [-0.15, -0.1) is 0 Å². The van der Waals surface area contributed by atoms with Gasteiger partial charge in [0.15, 0.2) is 0 Å². The van der Waals surface area contributed by atoms with Crippen LogP contribution in [0.2, 0.25) is 0 Å². The smallest absolute Gasteiger partial charge is 0.219 e. The second-order valence-corrected chi connectivity index (χ2v) is 4.64. The summed E-state index contributed by atoms with van der Waals surface area (Å²) in [4.78, 5) is 4.03. The van der Waals surface area contributed by atoms with Crippen LogP contribution in [0.15, 0.2) is 41.0 Å². The third-order valence-electron chi connectivity index (χ3n) is 2.35. The average molecular weight is 312 g/mol. The van der Waals surface area contributed by atoms with Crippen LogP contribution in [0.5, 0.6) is 11.6 Å². The monoisotopic (exact) mass is 311 g/mol. The predicted molar refractivity (Wildman–Crippen MR) is 69.0 cm³/mol. The molecule has 1 heterocycles. The number of aromatic nitrogens is 1. The van der Waals surface area contributed by atoms with Crippen LogP contribution in [0.1, 0.15) is 18.6 Å². The zero-order valence-electron chi connectivity index (χ0n) is 9.60. The highest BCUT2D eigenvalue weighted by molar-refractivity contribution is 9.10. The first-order chi connectivity index (χ1) is 8.56. The molecule has 0 amide bonds. The van der Waals surface area contributed by atoms with Crippen LogP contribution in [0.4, 0.5) is 4.39 Å². The molecule has 1 atom stereocenters. The number of pyridine rings is 1. The van der Waals surface area contributed by atoms with Crippen molar-refractivity contribution in [1.82, 2.24) is 4.98 Å². The Kier molecular flexibility index (Phi) is 3.93. The molecule has 0 saturated carbocycles. The Labute approximate surface area is 112 Å². The minimum Gasteiger partial charge on any atom is -0.439 e. The molecular formula is C13H11BrFNO2. The highest BCUT2D eigenvalue weighted by Crippen LogP contribution is 2.26. The van der Waals surface area contributed by atoms with Gasteiger partial charge in [0.1, 0.15) is 11.6 Å². The van der Waals surface area contributed by atoms with Crippen LogP contribution in [0, 0.1) is 5.82 Å². The lowest BCUT2D eigenvalue weighted by molar-refractivity contribution is 0.198. The van der Waals surface area contributed by atoms with Crippen molar-refractivity contribution >= 4 is 15.9 Å². The molecular weight excluding hydrogens is 301 g/mol. The molecule has 0 spiro atoms. The van der Waals surface area contributed by atoms with Crippen LogP contribution >= 0.6 is 15.9 Å². The fraction of sp³-hybridized carbons (Fsp3) is 0.154. The Morgan fingerprint density at radius 2 is 2.11 bits per heavy atom.